The second-order valence-electron chi connectivity index (χ2n) is 4.21. The Labute approximate surface area is 106 Å². The van der Waals surface area contributed by atoms with Gasteiger partial charge in [0.2, 0.25) is 5.91 Å². The lowest BCUT2D eigenvalue weighted by Gasteiger charge is -2.17. The zero-order valence-corrected chi connectivity index (χ0v) is 10.6. The van der Waals surface area contributed by atoms with Gasteiger partial charge in [-0.2, -0.15) is 0 Å². The van der Waals surface area contributed by atoms with Crippen LogP contribution in [-0.2, 0) is 4.79 Å². The molecule has 0 aliphatic carbocycles. The van der Waals surface area contributed by atoms with Gasteiger partial charge in [0.05, 0.1) is 13.2 Å². The number of carbonyl (C=O) groups excluding carboxylic acids is 1. The maximum atomic E-state index is 13.6. The molecule has 0 bridgehead atoms. The summed E-state index contributed by atoms with van der Waals surface area (Å²) in [6, 6.07) is 4.43. The fourth-order valence-corrected chi connectivity index (χ4v) is 2.20. The monoisotopic (exact) mass is 252 g/mol. The van der Waals surface area contributed by atoms with Crippen molar-refractivity contribution in [3.05, 3.63) is 24.0 Å². The molecule has 1 aromatic rings. The molecule has 1 N–H and O–H groups in total. The fourth-order valence-electron chi connectivity index (χ4n) is 2.20. The average molecular weight is 252 g/mol. The Morgan fingerprint density at radius 1 is 1.56 bits per heavy atom. The van der Waals surface area contributed by atoms with Gasteiger partial charge in [-0.15, -0.1) is 0 Å². The molecule has 0 saturated carbocycles. The van der Waals surface area contributed by atoms with Crippen LogP contribution in [0.25, 0.3) is 0 Å². The summed E-state index contributed by atoms with van der Waals surface area (Å²) in [7, 11) is 1.42. The zero-order valence-electron chi connectivity index (χ0n) is 10.6. The number of carbonyl (C=O) groups is 1. The summed E-state index contributed by atoms with van der Waals surface area (Å²) >= 11 is 0. The maximum Gasteiger partial charge on any atom is 0.244 e. The number of methoxy groups -OCH3 is 1. The molecule has 5 heteroatoms. The Morgan fingerprint density at radius 3 is 2.94 bits per heavy atom. The van der Waals surface area contributed by atoms with Crippen LogP contribution in [0.2, 0.25) is 0 Å². The highest BCUT2D eigenvalue weighted by atomic mass is 19.1. The molecule has 0 spiro atoms. The van der Waals surface area contributed by atoms with Crippen LogP contribution in [0.15, 0.2) is 18.2 Å². The van der Waals surface area contributed by atoms with Gasteiger partial charge in [0.15, 0.2) is 11.6 Å². The Kier molecular flexibility index (Phi) is 3.81. The maximum absolute atomic E-state index is 13.6. The first kappa shape index (κ1) is 12.8. The Morgan fingerprint density at radius 2 is 2.33 bits per heavy atom. The number of hydrogen-bond donors (Lipinski definition) is 1. The summed E-state index contributed by atoms with van der Waals surface area (Å²) in [5, 5.41) is 3.12. The smallest absolute Gasteiger partial charge is 0.244 e. The molecule has 1 aliphatic rings. The molecule has 1 unspecified atom stereocenters. The van der Waals surface area contributed by atoms with Crippen LogP contribution in [0.4, 0.5) is 10.1 Å². The number of likely N-dealkylation sites (N-methyl/N-ethyl adjacent to an activating group) is 1. The van der Waals surface area contributed by atoms with Crippen molar-refractivity contribution < 1.29 is 13.9 Å². The zero-order chi connectivity index (χ0) is 13.1. The Bertz CT molecular complexity index is 451. The van der Waals surface area contributed by atoms with Gasteiger partial charge in [0.25, 0.3) is 0 Å². The van der Waals surface area contributed by atoms with E-state index in [-0.39, 0.29) is 17.7 Å². The van der Waals surface area contributed by atoms with Gasteiger partial charge in [-0.3, -0.25) is 4.79 Å². The number of halogens is 1. The van der Waals surface area contributed by atoms with E-state index in [2.05, 4.69) is 5.32 Å². The number of nitrogens with one attached hydrogen (secondary N) is 1. The molecular weight excluding hydrogens is 235 g/mol. The minimum absolute atomic E-state index is 0.00131. The van der Waals surface area contributed by atoms with Crippen LogP contribution < -0.4 is 15.0 Å². The van der Waals surface area contributed by atoms with E-state index in [1.54, 1.807) is 17.0 Å². The minimum atomic E-state index is -0.449. The van der Waals surface area contributed by atoms with Crippen LogP contribution in [0.3, 0.4) is 0 Å². The van der Waals surface area contributed by atoms with Gasteiger partial charge >= 0.3 is 0 Å². The first-order valence-corrected chi connectivity index (χ1v) is 6.05. The quantitative estimate of drug-likeness (QED) is 0.884. The highest BCUT2D eigenvalue weighted by molar-refractivity contribution is 5.99. The third kappa shape index (κ3) is 2.31. The van der Waals surface area contributed by atoms with Crippen molar-refractivity contribution >= 4 is 11.6 Å². The van der Waals surface area contributed by atoms with E-state index in [1.165, 1.54) is 13.2 Å². The third-order valence-corrected chi connectivity index (χ3v) is 3.10. The highest BCUT2D eigenvalue weighted by Crippen LogP contribution is 2.26. The number of ether oxygens (including phenoxy) is 1. The summed E-state index contributed by atoms with van der Waals surface area (Å²) in [5.41, 5.74) is 0.582. The Hall–Kier alpha value is -1.62. The summed E-state index contributed by atoms with van der Waals surface area (Å²) in [5.74, 6) is -0.259. The third-order valence-electron chi connectivity index (χ3n) is 3.10. The number of rotatable bonds is 4. The number of anilines is 1. The normalized spacial score (nSPS) is 19.4. The molecule has 1 amide bonds. The average Bonchev–Trinajstić information content (AvgIpc) is 2.72. The highest BCUT2D eigenvalue weighted by Gasteiger charge is 2.32. The lowest BCUT2D eigenvalue weighted by Crippen LogP contribution is -2.38. The molecule has 2 rings (SSSR count). The van der Waals surface area contributed by atoms with E-state index < -0.39 is 5.82 Å². The standard InChI is InChI=1S/C13H17FN2O2/c1-3-15-11-6-7-16(13(11)17)9-4-5-12(18-2)10(14)8-9/h4-5,8,11,15H,3,6-7H2,1-2H3. The predicted octanol–water partition coefficient (Wildman–Crippen LogP) is 1.55. The number of hydrogen-bond acceptors (Lipinski definition) is 3. The van der Waals surface area contributed by atoms with Gasteiger partial charge in [0.1, 0.15) is 0 Å². The largest absolute Gasteiger partial charge is 0.494 e. The number of nitrogens with zero attached hydrogens (tertiary/aromatic N) is 1. The van der Waals surface area contributed by atoms with E-state index in [0.29, 0.717) is 12.2 Å². The molecule has 1 aromatic carbocycles. The predicted molar refractivity (Wildman–Crippen MR) is 67.4 cm³/mol. The second kappa shape index (κ2) is 5.35. The van der Waals surface area contributed by atoms with E-state index in [1.807, 2.05) is 6.92 Å². The van der Waals surface area contributed by atoms with Crippen LogP contribution >= 0.6 is 0 Å². The second-order valence-corrected chi connectivity index (χ2v) is 4.21. The Balaban J connectivity index is 2.18. The molecule has 4 nitrogen and oxygen atoms in total. The van der Waals surface area contributed by atoms with Crippen molar-refractivity contribution in [1.29, 1.82) is 0 Å². The SMILES string of the molecule is CCNC1CCN(c2ccc(OC)c(F)c2)C1=O. The van der Waals surface area contributed by atoms with Crippen molar-refractivity contribution in [2.45, 2.75) is 19.4 Å². The van der Waals surface area contributed by atoms with Crippen molar-refractivity contribution in [1.82, 2.24) is 5.32 Å². The van der Waals surface area contributed by atoms with Crippen LogP contribution in [0, 0.1) is 5.82 Å². The lowest BCUT2D eigenvalue weighted by atomic mass is 10.2. The summed E-state index contributed by atoms with van der Waals surface area (Å²) < 4.78 is 18.5. The minimum Gasteiger partial charge on any atom is -0.494 e. The van der Waals surface area contributed by atoms with E-state index >= 15 is 0 Å². The van der Waals surface area contributed by atoms with Crippen molar-refractivity contribution in [2.75, 3.05) is 25.1 Å². The summed E-state index contributed by atoms with van der Waals surface area (Å²) in [6.45, 7) is 3.33. The molecule has 1 fully saturated rings. The van der Waals surface area contributed by atoms with E-state index in [0.717, 1.165) is 13.0 Å². The molecule has 98 valence electrons. The molecule has 1 atom stereocenters. The fraction of sp³-hybridized carbons (Fsp3) is 0.462. The molecule has 0 radical (unpaired) electrons. The van der Waals surface area contributed by atoms with Crippen LogP contribution in [-0.4, -0.2) is 32.1 Å². The van der Waals surface area contributed by atoms with Gasteiger partial charge in [0, 0.05) is 18.3 Å². The van der Waals surface area contributed by atoms with Crippen LogP contribution in [0.1, 0.15) is 13.3 Å². The van der Waals surface area contributed by atoms with E-state index in [4.69, 9.17) is 4.74 Å². The first-order valence-electron chi connectivity index (χ1n) is 6.05. The van der Waals surface area contributed by atoms with E-state index in [9.17, 15) is 9.18 Å². The molecular formula is C13H17FN2O2. The van der Waals surface area contributed by atoms with Gasteiger partial charge in [-0.25, -0.2) is 4.39 Å². The number of benzene rings is 1. The summed E-state index contributed by atoms with van der Waals surface area (Å²) in [6.07, 6.45) is 0.750. The molecule has 1 aliphatic heterocycles. The molecule has 0 aromatic heterocycles. The number of amides is 1. The molecule has 18 heavy (non-hydrogen) atoms. The first-order chi connectivity index (χ1) is 8.67. The van der Waals surface area contributed by atoms with Gasteiger partial charge < -0.3 is 15.0 Å². The van der Waals surface area contributed by atoms with Crippen molar-refractivity contribution in [2.24, 2.45) is 0 Å². The van der Waals surface area contributed by atoms with Gasteiger partial charge in [-0.05, 0) is 25.1 Å². The van der Waals surface area contributed by atoms with Crippen LogP contribution in [0.5, 0.6) is 5.75 Å². The van der Waals surface area contributed by atoms with Crippen molar-refractivity contribution in [3.8, 4) is 5.75 Å². The van der Waals surface area contributed by atoms with Gasteiger partial charge in [-0.1, -0.05) is 6.92 Å². The lowest BCUT2D eigenvalue weighted by molar-refractivity contribution is -0.118. The van der Waals surface area contributed by atoms with Crippen molar-refractivity contribution in [3.63, 3.8) is 0 Å². The molecule has 1 heterocycles. The molecule has 1 saturated heterocycles. The topological polar surface area (TPSA) is 41.6 Å². The summed E-state index contributed by atoms with van der Waals surface area (Å²) in [4.78, 5) is 13.7.